The number of aryl methyl sites for hydroxylation is 1. The fourth-order valence-electron chi connectivity index (χ4n) is 3.29. The largest absolute Gasteiger partial charge is 0.497 e. The Morgan fingerprint density at radius 3 is 2.37 bits per heavy atom. The summed E-state index contributed by atoms with van der Waals surface area (Å²) >= 11 is 0. The summed E-state index contributed by atoms with van der Waals surface area (Å²) in [7, 11) is 1.53. The average molecular weight is 519 g/mol. The molecule has 0 bridgehead atoms. The van der Waals surface area contributed by atoms with Crippen molar-refractivity contribution in [2.45, 2.75) is 20.8 Å². The zero-order chi connectivity index (χ0) is 27.5. The third-order valence-corrected chi connectivity index (χ3v) is 5.44. The Labute approximate surface area is 221 Å². The van der Waals surface area contributed by atoms with Crippen molar-refractivity contribution in [1.82, 2.24) is 5.43 Å². The van der Waals surface area contributed by atoms with Gasteiger partial charge in [0.15, 0.2) is 18.1 Å². The van der Waals surface area contributed by atoms with Crippen LogP contribution in [0.25, 0.3) is 0 Å². The predicted molar refractivity (Wildman–Crippen MR) is 145 cm³/mol. The van der Waals surface area contributed by atoms with Crippen LogP contribution in [0.4, 0.5) is 11.4 Å². The third kappa shape index (κ3) is 7.82. The number of nitrogens with zero attached hydrogens (tertiary/aromatic N) is 1. The Hall–Kier alpha value is -4.86. The molecule has 0 fully saturated rings. The molecule has 0 aliphatic carbocycles. The molecule has 3 rings (SSSR count). The minimum atomic E-state index is -0.933. The molecule has 38 heavy (non-hydrogen) atoms. The molecule has 0 radical (unpaired) electrons. The lowest BCUT2D eigenvalue weighted by Gasteiger charge is -2.14. The smallest absolute Gasteiger partial charge is 0.329 e. The molecule has 3 amide bonds. The summed E-state index contributed by atoms with van der Waals surface area (Å²) in [6.07, 6.45) is 1.36. The van der Waals surface area contributed by atoms with Crippen LogP contribution in [0.1, 0.15) is 23.6 Å². The van der Waals surface area contributed by atoms with Gasteiger partial charge in [0.05, 0.1) is 19.9 Å². The number of hydrogen-bond donors (Lipinski definition) is 3. The number of hydrogen-bond acceptors (Lipinski definition) is 7. The quantitative estimate of drug-likeness (QED) is 0.213. The van der Waals surface area contributed by atoms with Gasteiger partial charge >= 0.3 is 11.8 Å². The van der Waals surface area contributed by atoms with E-state index in [9.17, 15) is 14.4 Å². The minimum Gasteiger partial charge on any atom is -0.497 e. The van der Waals surface area contributed by atoms with Crippen molar-refractivity contribution in [3.05, 3.63) is 77.4 Å². The van der Waals surface area contributed by atoms with Crippen molar-refractivity contribution in [3.8, 4) is 17.2 Å². The first-order valence-electron chi connectivity index (χ1n) is 11.8. The summed E-state index contributed by atoms with van der Waals surface area (Å²) in [5.41, 5.74) is 6.00. The molecule has 10 nitrogen and oxygen atoms in total. The van der Waals surface area contributed by atoms with E-state index in [-0.39, 0.29) is 12.5 Å². The van der Waals surface area contributed by atoms with Crippen LogP contribution >= 0.6 is 0 Å². The van der Waals surface area contributed by atoms with Gasteiger partial charge in [0.1, 0.15) is 5.75 Å². The fourth-order valence-corrected chi connectivity index (χ4v) is 3.29. The summed E-state index contributed by atoms with van der Waals surface area (Å²) in [5, 5.41) is 9.15. The topological polar surface area (TPSA) is 127 Å². The van der Waals surface area contributed by atoms with Gasteiger partial charge in [0.25, 0.3) is 5.91 Å². The van der Waals surface area contributed by atoms with E-state index in [0.29, 0.717) is 35.1 Å². The molecule has 3 aromatic rings. The first-order chi connectivity index (χ1) is 18.3. The van der Waals surface area contributed by atoms with Crippen molar-refractivity contribution in [3.63, 3.8) is 0 Å². The summed E-state index contributed by atoms with van der Waals surface area (Å²) in [5.74, 6) is -0.701. The number of hydrazone groups is 1. The Bertz CT molecular complexity index is 1320. The van der Waals surface area contributed by atoms with Gasteiger partial charge in [-0.2, -0.15) is 5.10 Å². The Balaban J connectivity index is 1.56. The van der Waals surface area contributed by atoms with Crippen molar-refractivity contribution < 1.29 is 28.6 Å². The number of methoxy groups -OCH3 is 1. The lowest BCUT2D eigenvalue weighted by Crippen LogP contribution is -2.32. The van der Waals surface area contributed by atoms with Crippen molar-refractivity contribution >= 4 is 35.3 Å². The first kappa shape index (κ1) is 27.7. The van der Waals surface area contributed by atoms with Gasteiger partial charge in [-0.05, 0) is 86.0 Å². The van der Waals surface area contributed by atoms with E-state index in [0.717, 1.165) is 16.8 Å². The number of ether oxygens (including phenoxy) is 3. The van der Waals surface area contributed by atoms with Crippen LogP contribution in [0.15, 0.2) is 65.8 Å². The van der Waals surface area contributed by atoms with Crippen LogP contribution in [0.3, 0.4) is 0 Å². The normalized spacial score (nSPS) is 10.5. The van der Waals surface area contributed by atoms with Gasteiger partial charge in [0, 0.05) is 11.4 Å². The van der Waals surface area contributed by atoms with E-state index in [1.807, 2.05) is 39.0 Å². The maximum atomic E-state index is 12.4. The van der Waals surface area contributed by atoms with E-state index in [1.54, 1.807) is 42.5 Å². The molecule has 0 spiro atoms. The second-order valence-corrected chi connectivity index (χ2v) is 8.11. The molecular weight excluding hydrogens is 488 g/mol. The van der Waals surface area contributed by atoms with Crippen molar-refractivity contribution in [2.24, 2.45) is 5.10 Å². The van der Waals surface area contributed by atoms with Gasteiger partial charge in [-0.1, -0.05) is 12.1 Å². The van der Waals surface area contributed by atoms with E-state index in [4.69, 9.17) is 14.2 Å². The maximum Gasteiger partial charge on any atom is 0.329 e. The first-order valence-corrected chi connectivity index (χ1v) is 11.8. The molecule has 0 aromatic heterocycles. The van der Waals surface area contributed by atoms with Gasteiger partial charge in [-0.3, -0.25) is 14.4 Å². The number of carbonyl (C=O) groups is 3. The van der Waals surface area contributed by atoms with Crippen LogP contribution in [0, 0.1) is 13.8 Å². The number of benzene rings is 3. The molecule has 0 heterocycles. The average Bonchev–Trinajstić information content (AvgIpc) is 2.91. The van der Waals surface area contributed by atoms with Crippen LogP contribution in [-0.2, 0) is 14.4 Å². The highest BCUT2D eigenvalue weighted by molar-refractivity contribution is 6.39. The van der Waals surface area contributed by atoms with Gasteiger partial charge in [0.2, 0.25) is 0 Å². The van der Waals surface area contributed by atoms with Gasteiger partial charge < -0.3 is 24.8 Å². The highest BCUT2D eigenvalue weighted by Crippen LogP contribution is 2.28. The van der Waals surface area contributed by atoms with Crippen LogP contribution in [0.5, 0.6) is 17.2 Å². The maximum absolute atomic E-state index is 12.4. The van der Waals surface area contributed by atoms with Crippen molar-refractivity contribution in [1.29, 1.82) is 0 Å². The second-order valence-electron chi connectivity index (χ2n) is 8.11. The van der Waals surface area contributed by atoms with Crippen LogP contribution in [-0.4, -0.2) is 44.3 Å². The molecule has 0 saturated heterocycles. The number of carbonyl (C=O) groups excluding carboxylic acids is 3. The molecule has 198 valence electrons. The predicted octanol–water partition coefficient (Wildman–Crippen LogP) is 3.82. The number of amides is 3. The Morgan fingerprint density at radius 1 is 0.895 bits per heavy atom. The molecule has 0 aliphatic heterocycles. The fraction of sp³-hybridized carbons (Fsp3) is 0.214. The van der Waals surface area contributed by atoms with E-state index >= 15 is 0 Å². The van der Waals surface area contributed by atoms with Crippen molar-refractivity contribution in [2.75, 3.05) is 31.0 Å². The SMILES string of the molecule is CCOc1cc(/C=N\NC(=O)C(=O)Nc2ccc(OC)cc2)ccc1OCC(=O)Nc1cccc(C)c1C. The summed E-state index contributed by atoms with van der Waals surface area (Å²) in [6, 6.07) is 17.2. The molecule has 10 heteroatoms. The van der Waals surface area contributed by atoms with Gasteiger partial charge in [-0.25, -0.2) is 5.43 Å². The highest BCUT2D eigenvalue weighted by atomic mass is 16.5. The molecule has 3 N–H and O–H groups in total. The Kier molecular flexibility index (Phi) is 9.81. The number of rotatable bonds is 10. The minimum absolute atomic E-state index is 0.208. The molecule has 0 atom stereocenters. The highest BCUT2D eigenvalue weighted by Gasteiger charge is 2.13. The second kappa shape index (κ2) is 13.4. The zero-order valence-corrected chi connectivity index (χ0v) is 21.7. The van der Waals surface area contributed by atoms with E-state index in [2.05, 4.69) is 21.2 Å². The zero-order valence-electron chi connectivity index (χ0n) is 21.7. The molecule has 0 saturated carbocycles. The Morgan fingerprint density at radius 2 is 1.66 bits per heavy atom. The molecule has 3 aromatic carbocycles. The molecule has 0 unspecified atom stereocenters. The number of anilines is 2. The van der Waals surface area contributed by atoms with E-state index in [1.165, 1.54) is 13.3 Å². The standard InChI is InChI=1S/C28H30N4O6/c1-5-37-25-15-20(16-29-32-28(35)27(34)30-21-10-12-22(36-4)13-11-21)9-14-24(25)38-17-26(33)31-23-8-6-7-18(2)19(23)3/h6-16H,5,17H2,1-4H3,(H,30,34)(H,31,33)(H,32,35)/b29-16-. The summed E-state index contributed by atoms with van der Waals surface area (Å²) in [6.45, 7) is 5.89. The number of nitrogens with one attached hydrogen (secondary N) is 3. The third-order valence-electron chi connectivity index (χ3n) is 5.44. The monoisotopic (exact) mass is 518 g/mol. The lowest BCUT2D eigenvalue weighted by molar-refractivity contribution is -0.136. The molecule has 0 aliphatic rings. The lowest BCUT2D eigenvalue weighted by atomic mass is 10.1. The van der Waals surface area contributed by atoms with Gasteiger partial charge in [-0.15, -0.1) is 0 Å². The summed E-state index contributed by atoms with van der Waals surface area (Å²) < 4.78 is 16.4. The van der Waals surface area contributed by atoms with E-state index < -0.39 is 11.8 Å². The van der Waals surface area contributed by atoms with Crippen LogP contribution < -0.4 is 30.3 Å². The van der Waals surface area contributed by atoms with Crippen LogP contribution in [0.2, 0.25) is 0 Å². The summed E-state index contributed by atoms with van der Waals surface area (Å²) in [4.78, 5) is 36.5. The molecular formula is C28H30N4O6.